The van der Waals surface area contributed by atoms with Crippen molar-refractivity contribution >= 4 is 21.7 Å². The molecule has 0 spiro atoms. The molecule has 0 fully saturated rings. The first kappa shape index (κ1) is 18.8. The highest BCUT2D eigenvalue weighted by molar-refractivity contribution is 7.90. The molecule has 1 heterocycles. The Kier molecular flexibility index (Phi) is 5.11. The predicted molar refractivity (Wildman–Crippen MR) is 101 cm³/mol. The monoisotopic (exact) mass is 387 g/mol. The van der Waals surface area contributed by atoms with Crippen molar-refractivity contribution in [1.82, 2.24) is 4.98 Å². The minimum atomic E-state index is -3.97. The lowest BCUT2D eigenvalue weighted by molar-refractivity contribution is 0.103. The van der Waals surface area contributed by atoms with Gasteiger partial charge in [-0.05, 0) is 29.8 Å². The molecule has 3 aromatic rings. The van der Waals surface area contributed by atoms with Gasteiger partial charge in [0.25, 0.3) is 10.2 Å². The van der Waals surface area contributed by atoms with Gasteiger partial charge in [-0.1, -0.05) is 43.3 Å². The fourth-order valence-corrected chi connectivity index (χ4v) is 3.27. The molecule has 6 nitrogen and oxygen atoms in total. The third-order valence-electron chi connectivity index (χ3n) is 4.18. The SMILES string of the molecule is CC(c1ccc(C(=O)c2ccccc2)[nH]1)c1ccc(NS(N)(=O)=O)cc1F. The smallest absolute Gasteiger partial charge is 0.296 e. The van der Waals surface area contributed by atoms with Gasteiger partial charge >= 0.3 is 0 Å². The Morgan fingerprint density at radius 3 is 2.44 bits per heavy atom. The predicted octanol–water partition coefficient (Wildman–Crippen LogP) is 3.15. The van der Waals surface area contributed by atoms with E-state index in [-0.39, 0.29) is 17.4 Å². The Morgan fingerprint density at radius 1 is 1.11 bits per heavy atom. The lowest BCUT2D eigenvalue weighted by Gasteiger charge is -2.13. The Labute approximate surface area is 156 Å². The molecular weight excluding hydrogens is 369 g/mol. The Bertz CT molecular complexity index is 1080. The van der Waals surface area contributed by atoms with E-state index < -0.39 is 16.0 Å². The van der Waals surface area contributed by atoms with Crippen molar-refractivity contribution in [2.75, 3.05) is 4.72 Å². The lowest BCUT2D eigenvalue weighted by atomic mass is 9.97. The van der Waals surface area contributed by atoms with Gasteiger partial charge in [0.2, 0.25) is 5.78 Å². The van der Waals surface area contributed by atoms with Crippen LogP contribution in [0.25, 0.3) is 0 Å². The van der Waals surface area contributed by atoms with Crippen molar-refractivity contribution in [1.29, 1.82) is 0 Å². The van der Waals surface area contributed by atoms with Crippen LogP contribution in [0.1, 0.15) is 40.2 Å². The third-order valence-corrected chi connectivity index (χ3v) is 4.70. The van der Waals surface area contributed by atoms with Crippen LogP contribution in [0.3, 0.4) is 0 Å². The summed E-state index contributed by atoms with van der Waals surface area (Å²) in [6, 6.07) is 16.2. The highest BCUT2D eigenvalue weighted by Crippen LogP contribution is 2.28. The highest BCUT2D eigenvalue weighted by atomic mass is 32.2. The molecule has 8 heteroatoms. The van der Waals surface area contributed by atoms with E-state index in [1.54, 1.807) is 43.3 Å². The number of ketones is 1. The first-order valence-corrected chi connectivity index (χ1v) is 9.68. The molecule has 1 unspecified atom stereocenters. The Hall–Kier alpha value is -2.97. The van der Waals surface area contributed by atoms with E-state index in [2.05, 4.69) is 4.98 Å². The van der Waals surface area contributed by atoms with E-state index >= 15 is 0 Å². The number of aromatic nitrogens is 1. The number of nitrogens with two attached hydrogens (primary N) is 1. The fraction of sp³-hybridized carbons (Fsp3) is 0.105. The van der Waals surface area contributed by atoms with Crippen LogP contribution in [-0.2, 0) is 10.2 Å². The van der Waals surface area contributed by atoms with Crippen LogP contribution in [0.2, 0.25) is 0 Å². The van der Waals surface area contributed by atoms with Crippen molar-refractivity contribution < 1.29 is 17.6 Å². The van der Waals surface area contributed by atoms with Crippen LogP contribution >= 0.6 is 0 Å². The van der Waals surface area contributed by atoms with E-state index in [9.17, 15) is 17.6 Å². The summed E-state index contributed by atoms with van der Waals surface area (Å²) in [5.74, 6) is -1.10. The largest absolute Gasteiger partial charge is 0.355 e. The molecule has 2 aromatic carbocycles. The van der Waals surface area contributed by atoms with Crippen molar-refractivity contribution in [2.24, 2.45) is 5.14 Å². The molecule has 3 rings (SSSR count). The van der Waals surface area contributed by atoms with Gasteiger partial charge in [-0.3, -0.25) is 9.52 Å². The molecule has 0 aliphatic rings. The molecule has 0 radical (unpaired) electrons. The number of rotatable bonds is 6. The summed E-state index contributed by atoms with van der Waals surface area (Å²) >= 11 is 0. The van der Waals surface area contributed by atoms with Crippen molar-refractivity contribution in [3.63, 3.8) is 0 Å². The molecule has 4 N–H and O–H groups in total. The van der Waals surface area contributed by atoms with Gasteiger partial charge in [-0.2, -0.15) is 8.42 Å². The summed E-state index contributed by atoms with van der Waals surface area (Å²) < 4.78 is 38.5. The van der Waals surface area contributed by atoms with Gasteiger partial charge in [0, 0.05) is 17.2 Å². The Balaban J connectivity index is 1.84. The fourth-order valence-electron chi connectivity index (χ4n) is 2.82. The zero-order chi connectivity index (χ0) is 19.6. The number of benzene rings is 2. The summed E-state index contributed by atoms with van der Waals surface area (Å²) in [5, 5.41) is 4.89. The van der Waals surface area contributed by atoms with Gasteiger partial charge in [0.15, 0.2) is 0 Å². The summed E-state index contributed by atoms with van der Waals surface area (Å²) in [6.45, 7) is 1.79. The normalized spacial score (nSPS) is 12.6. The second kappa shape index (κ2) is 7.34. The van der Waals surface area contributed by atoms with E-state index in [0.717, 1.165) is 6.07 Å². The molecule has 140 valence electrons. The average molecular weight is 387 g/mol. The van der Waals surface area contributed by atoms with E-state index in [0.29, 0.717) is 22.5 Å². The number of hydrogen-bond acceptors (Lipinski definition) is 3. The molecule has 1 aromatic heterocycles. The van der Waals surface area contributed by atoms with Crippen LogP contribution in [0.5, 0.6) is 0 Å². The maximum atomic E-state index is 14.4. The number of halogens is 1. The molecular formula is C19H18FN3O3S. The molecule has 0 bridgehead atoms. The number of hydrogen-bond donors (Lipinski definition) is 3. The standard InChI is InChI=1S/C19H18FN3O3S/c1-12(15-8-7-14(11-16(15)20)23-27(21,25)26)17-9-10-18(22-17)19(24)13-5-3-2-4-6-13/h2-12,22-23H,1H3,(H2,21,25,26). The number of aromatic amines is 1. The molecule has 27 heavy (non-hydrogen) atoms. The minimum absolute atomic E-state index is 0.0392. The number of nitrogens with one attached hydrogen (secondary N) is 2. The maximum Gasteiger partial charge on any atom is 0.296 e. The van der Waals surface area contributed by atoms with Crippen LogP contribution in [0, 0.1) is 5.82 Å². The molecule has 0 amide bonds. The third kappa shape index (κ3) is 4.42. The molecule has 0 saturated carbocycles. The topological polar surface area (TPSA) is 105 Å². The number of H-pyrrole nitrogens is 1. The first-order chi connectivity index (χ1) is 12.7. The van der Waals surface area contributed by atoms with Gasteiger partial charge in [-0.25, -0.2) is 9.53 Å². The van der Waals surface area contributed by atoms with Crippen molar-refractivity contribution in [3.05, 3.63) is 89.0 Å². The van der Waals surface area contributed by atoms with E-state index in [1.165, 1.54) is 12.1 Å². The molecule has 0 aliphatic heterocycles. The second-order valence-electron chi connectivity index (χ2n) is 6.13. The Morgan fingerprint density at radius 2 is 1.81 bits per heavy atom. The summed E-state index contributed by atoms with van der Waals surface area (Å²) in [4.78, 5) is 15.5. The maximum absolute atomic E-state index is 14.4. The summed E-state index contributed by atoms with van der Waals surface area (Å²) in [7, 11) is -3.97. The number of carbonyl (C=O) groups is 1. The zero-order valence-electron chi connectivity index (χ0n) is 14.4. The summed E-state index contributed by atoms with van der Waals surface area (Å²) in [5.41, 5.74) is 2.03. The number of anilines is 1. The van der Waals surface area contributed by atoms with Crippen molar-refractivity contribution in [2.45, 2.75) is 12.8 Å². The lowest BCUT2D eigenvalue weighted by Crippen LogP contribution is -2.21. The minimum Gasteiger partial charge on any atom is -0.355 e. The van der Waals surface area contributed by atoms with E-state index in [1.807, 2.05) is 10.8 Å². The second-order valence-corrected chi connectivity index (χ2v) is 7.42. The molecule has 0 aliphatic carbocycles. The van der Waals surface area contributed by atoms with Crippen LogP contribution in [0.4, 0.5) is 10.1 Å². The van der Waals surface area contributed by atoms with Gasteiger partial charge in [0.05, 0.1) is 11.4 Å². The van der Waals surface area contributed by atoms with Gasteiger partial charge < -0.3 is 4.98 Å². The average Bonchev–Trinajstić information content (AvgIpc) is 3.10. The van der Waals surface area contributed by atoms with Gasteiger partial charge in [0.1, 0.15) is 5.82 Å². The zero-order valence-corrected chi connectivity index (χ0v) is 15.3. The molecule has 1 atom stereocenters. The van der Waals surface area contributed by atoms with E-state index in [4.69, 9.17) is 5.14 Å². The molecule has 0 saturated heterocycles. The first-order valence-electron chi connectivity index (χ1n) is 8.13. The number of carbonyl (C=O) groups excluding carboxylic acids is 1. The van der Waals surface area contributed by atoms with Gasteiger partial charge in [-0.15, -0.1) is 0 Å². The van der Waals surface area contributed by atoms with Crippen LogP contribution in [0.15, 0.2) is 60.7 Å². The summed E-state index contributed by atoms with van der Waals surface area (Å²) in [6.07, 6.45) is 0. The van der Waals surface area contributed by atoms with Crippen LogP contribution in [-0.4, -0.2) is 19.2 Å². The highest BCUT2D eigenvalue weighted by Gasteiger charge is 2.18. The van der Waals surface area contributed by atoms with Crippen molar-refractivity contribution in [3.8, 4) is 0 Å². The van der Waals surface area contributed by atoms with Crippen LogP contribution < -0.4 is 9.86 Å². The quantitative estimate of drug-likeness (QED) is 0.566.